The molecule has 0 amide bonds. The van der Waals surface area contributed by atoms with Crippen LogP contribution in [0.3, 0.4) is 0 Å². The van der Waals surface area contributed by atoms with Crippen molar-refractivity contribution in [3.63, 3.8) is 0 Å². The summed E-state index contributed by atoms with van der Waals surface area (Å²) in [6, 6.07) is 31.0. The van der Waals surface area contributed by atoms with Gasteiger partial charge in [0.15, 0.2) is 0 Å². The Kier molecular flexibility index (Phi) is 5.59. The van der Waals surface area contributed by atoms with Gasteiger partial charge in [-0.1, -0.05) is 91.0 Å². The molecule has 3 heteroatoms. The monoisotopic (exact) mass is 382 g/mol. The van der Waals surface area contributed by atoms with Crippen LogP contribution < -0.4 is 0 Å². The molecule has 1 atom stereocenters. The molecule has 29 heavy (non-hydrogen) atoms. The Morgan fingerprint density at radius 2 is 1.24 bits per heavy atom. The Balaban J connectivity index is 1.86. The van der Waals surface area contributed by atoms with Crippen molar-refractivity contribution in [1.29, 1.82) is 0 Å². The zero-order chi connectivity index (χ0) is 20.1. The average Bonchev–Trinajstić information content (AvgIpc) is 3.20. The van der Waals surface area contributed by atoms with Crippen molar-refractivity contribution in [1.82, 2.24) is 9.97 Å². The Morgan fingerprint density at radius 1 is 0.793 bits per heavy atom. The van der Waals surface area contributed by atoms with Crippen LogP contribution in [0.4, 0.5) is 0 Å². The number of aliphatic hydroxyl groups is 1. The van der Waals surface area contributed by atoms with E-state index in [1.54, 1.807) is 6.33 Å². The van der Waals surface area contributed by atoms with E-state index in [1.807, 2.05) is 61.5 Å². The fraction of sp³-hybridized carbons (Fsp3) is 0.192. The van der Waals surface area contributed by atoms with E-state index in [-0.39, 0.29) is 0 Å². The van der Waals surface area contributed by atoms with Crippen LogP contribution in [0.1, 0.15) is 34.5 Å². The minimum absolute atomic E-state index is 0.602. The van der Waals surface area contributed by atoms with Gasteiger partial charge in [0.05, 0.1) is 23.5 Å². The van der Waals surface area contributed by atoms with Gasteiger partial charge < -0.3 is 10.1 Å². The lowest BCUT2D eigenvalue weighted by Crippen LogP contribution is -2.42. The molecule has 4 rings (SSSR count). The Morgan fingerprint density at radius 3 is 1.62 bits per heavy atom. The first kappa shape index (κ1) is 19.2. The molecule has 0 aliphatic heterocycles. The number of nitrogens with one attached hydrogen (secondary N) is 1. The summed E-state index contributed by atoms with van der Waals surface area (Å²) in [7, 11) is 0. The zero-order valence-corrected chi connectivity index (χ0v) is 16.6. The number of rotatable bonds is 7. The largest absolute Gasteiger partial charge is 0.391 e. The maximum absolute atomic E-state index is 11.8. The number of aryl methyl sites for hydroxylation is 2. The van der Waals surface area contributed by atoms with E-state index >= 15 is 0 Å². The quantitative estimate of drug-likeness (QED) is 0.440. The number of aliphatic hydroxyl groups excluding tert-OH is 1. The van der Waals surface area contributed by atoms with Crippen LogP contribution in [0.5, 0.6) is 0 Å². The number of H-pyrrole nitrogens is 1. The minimum atomic E-state index is -0.659. The minimum Gasteiger partial charge on any atom is -0.391 e. The van der Waals surface area contributed by atoms with Gasteiger partial charge in [-0.25, -0.2) is 4.98 Å². The molecule has 1 heterocycles. The summed E-state index contributed by atoms with van der Waals surface area (Å²) in [5.74, 6) is 0. The van der Waals surface area contributed by atoms with Gasteiger partial charge in [-0.05, 0) is 36.5 Å². The van der Waals surface area contributed by atoms with Crippen LogP contribution in [0.15, 0.2) is 97.3 Å². The van der Waals surface area contributed by atoms with Crippen molar-refractivity contribution < 1.29 is 5.11 Å². The molecule has 0 saturated heterocycles. The van der Waals surface area contributed by atoms with Crippen molar-refractivity contribution in [2.75, 3.05) is 0 Å². The molecule has 1 aromatic heterocycles. The van der Waals surface area contributed by atoms with Crippen LogP contribution in [0, 0.1) is 6.92 Å². The fourth-order valence-corrected chi connectivity index (χ4v) is 4.31. The first-order valence-electron chi connectivity index (χ1n) is 10.1. The SMILES string of the molecule is Cc1[nH]cnc1CCC(O)C(c1ccccc1)(c1ccccc1)c1ccccc1. The summed E-state index contributed by atoms with van der Waals surface area (Å²) in [6.45, 7) is 2.02. The number of hydrogen-bond donors (Lipinski definition) is 2. The molecule has 0 fully saturated rings. The fourth-order valence-electron chi connectivity index (χ4n) is 4.31. The summed E-state index contributed by atoms with van der Waals surface area (Å²) in [4.78, 5) is 7.55. The van der Waals surface area contributed by atoms with E-state index in [2.05, 4.69) is 46.4 Å². The molecule has 0 bridgehead atoms. The van der Waals surface area contributed by atoms with Gasteiger partial charge in [0.1, 0.15) is 0 Å². The molecule has 0 radical (unpaired) electrons. The molecule has 2 N–H and O–H groups in total. The molecule has 146 valence electrons. The maximum atomic E-state index is 11.8. The van der Waals surface area contributed by atoms with E-state index < -0.39 is 11.5 Å². The number of imidazole rings is 1. The molecular formula is C26H26N2O. The topological polar surface area (TPSA) is 48.9 Å². The highest BCUT2D eigenvalue weighted by atomic mass is 16.3. The van der Waals surface area contributed by atoms with E-state index in [9.17, 15) is 5.11 Å². The molecule has 4 aromatic rings. The lowest BCUT2D eigenvalue weighted by molar-refractivity contribution is 0.112. The normalized spacial score (nSPS) is 12.6. The third-order valence-electron chi connectivity index (χ3n) is 5.78. The highest BCUT2D eigenvalue weighted by molar-refractivity contribution is 5.52. The summed E-state index contributed by atoms with van der Waals surface area (Å²) in [5.41, 5.74) is 4.67. The second-order valence-electron chi connectivity index (χ2n) is 7.43. The number of aromatic amines is 1. The lowest BCUT2D eigenvalue weighted by Gasteiger charge is -2.40. The lowest BCUT2D eigenvalue weighted by atomic mass is 9.65. The summed E-state index contributed by atoms with van der Waals surface area (Å²) in [6.07, 6.45) is 2.41. The number of benzene rings is 3. The summed E-state index contributed by atoms with van der Waals surface area (Å²) in [5, 5.41) is 11.8. The van der Waals surface area contributed by atoms with Crippen molar-refractivity contribution in [3.8, 4) is 0 Å². The molecule has 3 aromatic carbocycles. The van der Waals surface area contributed by atoms with Crippen LogP contribution in [-0.2, 0) is 11.8 Å². The van der Waals surface area contributed by atoms with Gasteiger partial charge in [-0.15, -0.1) is 0 Å². The van der Waals surface area contributed by atoms with Gasteiger partial charge in [-0.3, -0.25) is 0 Å². The first-order valence-corrected chi connectivity index (χ1v) is 10.1. The van der Waals surface area contributed by atoms with Crippen molar-refractivity contribution in [2.45, 2.75) is 31.3 Å². The second kappa shape index (κ2) is 8.46. The third-order valence-corrected chi connectivity index (χ3v) is 5.78. The van der Waals surface area contributed by atoms with Gasteiger partial charge in [0.2, 0.25) is 0 Å². The molecular weight excluding hydrogens is 356 g/mol. The number of aromatic nitrogens is 2. The van der Waals surface area contributed by atoms with E-state index in [1.165, 1.54) is 0 Å². The van der Waals surface area contributed by atoms with Crippen LogP contribution in [0.2, 0.25) is 0 Å². The Bertz CT molecular complexity index is 929. The average molecular weight is 383 g/mol. The highest BCUT2D eigenvalue weighted by Crippen LogP contribution is 2.43. The van der Waals surface area contributed by atoms with Crippen molar-refractivity contribution in [3.05, 3.63) is 125 Å². The predicted octanol–water partition coefficient (Wildman–Crippen LogP) is 5.05. The number of hydrogen-bond acceptors (Lipinski definition) is 2. The standard InChI is InChI=1S/C26H26N2O/c1-20-24(28-19-27-20)17-18-25(29)26(21-11-5-2-6-12-21,22-13-7-3-8-14-22)23-15-9-4-10-16-23/h2-16,19,25,29H,17-18H2,1H3,(H,27,28). The molecule has 0 spiro atoms. The summed E-state index contributed by atoms with van der Waals surface area (Å²) < 4.78 is 0. The molecule has 0 aliphatic rings. The zero-order valence-electron chi connectivity index (χ0n) is 16.6. The van der Waals surface area contributed by atoms with Crippen LogP contribution >= 0.6 is 0 Å². The van der Waals surface area contributed by atoms with Gasteiger partial charge >= 0.3 is 0 Å². The van der Waals surface area contributed by atoms with Gasteiger partial charge in [-0.2, -0.15) is 0 Å². The van der Waals surface area contributed by atoms with Gasteiger partial charge in [0, 0.05) is 5.69 Å². The molecule has 1 unspecified atom stereocenters. The highest BCUT2D eigenvalue weighted by Gasteiger charge is 2.42. The van der Waals surface area contributed by atoms with E-state index in [0.717, 1.165) is 28.1 Å². The maximum Gasteiger partial charge on any atom is 0.0925 e. The van der Waals surface area contributed by atoms with E-state index in [4.69, 9.17) is 0 Å². The Hall–Kier alpha value is -3.17. The first-order chi connectivity index (χ1) is 14.2. The van der Waals surface area contributed by atoms with E-state index in [0.29, 0.717) is 12.8 Å². The number of nitrogens with zero attached hydrogens (tertiary/aromatic N) is 1. The summed E-state index contributed by atoms with van der Waals surface area (Å²) >= 11 is 0. The van der Waals surface area contributed by atoms with Crippen LogP contribution in [0.25, 0.3) is 0 Å². The predicted molar refractivity (Wildman–Crippen MR) is 117 cm³/mol. The second-order valence-corrected chi connectivity index (χ2v) is 7.43. The molecule has 0 saturated carbocycles. The smallest absolute Gasteiger partial charge is 0.0925 e. The van der Waals surface area contributed by atoms with Crippen molar-refractivity contribution >= 4 is 0 Å². The molecule has 0 aliphatic carbocycles. The third kappa shape index (κ3) is 3.62. The van der Waals surface area contributed by atoms with Gasteiger partial charge in [0.25, 0.3) is 0 Å². The van der Waals surface area contributed by atoms with Crippen molar-refractivity contribution in [2.24, 2.45) is 0 Å². The molecule has 3 nitrogen and oxygen atoms in total. The Labute approximate surface area is 172 Å². The van der Waals surface area contributed by atoms with Crippen LogP contribution in [-0.4, -0.2) is 21.2 Å².